The molecule has 0 amide bonds. The van der Waals surface area contributed by atoms with Gasteiger partial charge in [-0.05, 0) is 45.0 Å². The van der Waals surface area contributed by atoms with Crippen molar-refractivity contribution in [2.45, 2.75) is 31.2 Å². The average molecular weight is 398 g/mol. The van der Waals surface area contributed by atoms with E-state index in [4.69, 9.17) is 5.73 Å². The highest BCUT2D eigenvalue weighted by atomic mass is 127. The smallest absolute Gasteiger partial charge is 0.188 e. The second kappa shape index (κ2) is 7.93. The maximum Gasteiger partial charge on any atom is 0.188 e. The van der Waals surface area contributed by atoms with E-state index < -0.39 is 0 Å². The Bertz CT molecular complexity index is 299. The fourth-order valence-corrected chi connectivity index (χ4v) is 3.99. The van der Waals surface area contributed by atoms with Crippen LogP contribution in [0.2, 0.25) is 0 Å². The highest BCUT2D eigenvalue weighted by Crippen LogP contribution is 2.32. The first kappa shape index (κ1) is 17.4. The van der Waals surface area contributed by atoms with Crippen molar-refractivity contribution in [3.8, 4) is 0 Å². The monoisotopic (exact) mass is 398 g/mol. The van der Waals surface area contributed by atoms with Gasteiger partial charge < -0.3 is 16.0 Å². The topological polar surface area (TPSA) is 53.6 Å². The number of guanidine groups is 1. The molecule has 3 N–H and O–H groups in total. The largest absolute Gasteiger partial charge is 0.370 e. The lowest BCUT2D eigenvalue weighted by molar-refractivity contribution is 0.190. The van der Waals surface area contributed by atoms with Crippen LogP contribution in [-0.4, -0.2) is 55.1 Å². The number of halogens is 1. The van der Waals surface area contributed by atoms with Crippen molar-refractivity contribution in [1.29, 1.82) is 0 Å². The maximum absolute atomic E-state index is 5.95. The van der Waals surface area contributed by atoms with Gasteiger partial charge in [0.2, 0.25) is 0 Å². The molecule has 1 saturated heterocycles. The van der Waals surface area contributed by atoms with Gasteiger partial charge in [0.1, 0.15) is 0 Å². The van der Waals surface area contributed by atoms with Crippen LogP contribution in [0, 0.1) is 5.92 Å². The standard InChI is InChI=1S/C13H26N4S.HI/c1-17(2)13(6-7-18-10-13)9-16-12(14)15-8-11-4-3-5-11;/h11H,3-10H2,1-2H3,(H3,14,15,16);1H. The van der Waals surface area contributed by atoms with Crippen LogP contribution >= 0.6 is 35.7 Å². The molecule has 1 saturated carbocycles. The number of hydrogen-bond acceptors (Lipinski definition) is 3. The van der Waals surface area contributed by atoms with Crippen LogP contribution in [0.25, 0.3) is 0 Å². The molecule has 1 heterocycles. The zero-order chi connectivity index (χ0) is 13.0. The van der Waals surface area contributed by atoms with E-state index in [-0.39, 0.29) is 29.5 Å². The zero-order valence-electron chi connectivity index (χ0n) is 12.0. The Morgan fingerprint density at radius 1 is 1.47 bits per heavy atom. The quantitative estimate of drug-likeness (QED) is 0.421. The van der Waals surface area contributed by atoms with Crippen LogP contribution < -0.4 is 11.1 Å². The van der Waals surface area contributed by atoms with Crippen molar-refractivity contribution >= 4 is 41.7 Å². The van der Waals surface area contributed by atoms with Crippen molar-refractivity contribution in [1.82, 2.24) is 10.2 Å². The van der Waals surface area contributed by atoms with E-state index in [1.807, 2.05) is 11.8 Å². The third-order valence-electron chi connectivity index (χ3n) is 4.37. The molecule has 0 radical (unpaired) electrons. The molecule has 2 rings (SSSR count). The number of nitrogens with zero attached hydrogens (tertiary/aromatic N) is 2. The van der Waals surface area contributed by atoms with E-state index in [2.05, 4.69) is 29.3 Å². The minimum atomic E-state index is 0. The van der Waals surface area contributed by atoms with Gasteiger partial charge in [0, 0.05) is 17.8 Å². The summed E-state index contributed by atoms with van der Waals surface area (Å²) in [6, 6.07) is 0. The van der Waals surface area contributed by atoms with Gasteiger partial charge in [0.15, 0.2) is 5.96 Å². The number of nitrogens with two attached hydrogens (primary N) is 1. The Morgan fingerprint density at radius 2 is 2.21 bits per heavy atom. The first-order chi connectivity index (χ1) is 8.62. The van der Waals surface area contributed by atoms with Crippen LogP contribution in [0.5, 0.6) is 0 Å². The summed E-state index contributed by atoms with van der Waals surface area (Å²) in [7, 11) is 4.30. The fourth-order valence-electron chi connectivity index (χ4n) is 2.45. The zero-order valence-corrected chi connectivity index (χ0v) is 15.2. The Balaban J connectivity index is 0.00000180. The summed E-state index contributed by atoms with van der Waals surface area (Å²) in [5, 5.41) is 3.27. The maximum atomic E-state index is 5.95. The highest BCUT2D eigenvalue weighted by molar-refractivity contribution is 14.0. The molecule has 1 aliphatic heterocycles. The number of aliphatic imine (C=N–C) groups is 1. The lowest BCUT2D eigenvalue weighted by Crippen LogP contribution is -2.48. The van der Waals surface area contributed by atoms with Crippen molar-refractivity contribution in [2.24, 2.45) is 16.6 Å². The Morgan fingerprint density at radius 3 is 2.68 bits per heavy atom. The predicted octanol–water partition coefficient (Wildman–Crippen LogP) is 1.75. The minimum Gasteiger partial charge on any atom is -0.370 e. The average Bonchev–Trinajstić information content (AvgIpc) is 2.74. The molecular formula is C13H27IN4S. The molecule has 4 nitrogen and oxygen atoms in total. The van der Waals surface area contributed by atoms with Gasteiger partial charge in [0.25, 0.3) is 0 Å². The van der Waals surface area contributed by atoms with Gasteiger partial charge in [-0.3, -0.25) is 4.99 Å². The molecule has 112 valence electrons. The summed E-state index contributed by atoms with van der Waals surface area (Å²) in [5.74, 6) is 3.85. The van der Waals surface area contributed by atoms with Crippen LogP contribution in [0.4, 0.5) is 0 Å². The first-order valence-electron chi connectivity index (χ1n) is 6.91. The third kappa shape index (κ3) is 4.67. The molecule has 1 aliphatic carbocycles. The van der Waals surface area contributed by atoms with E-state index >= 15 is 0 Å². The lowest BCUT2D eigenvalue weighted by Gasteiger charge is -2.34. The number of thioether (sulfide) groups is 1. The predicted molar refractivity (Wildman–Crippen MR) is 95.6 cm³/mol. The summed E-state index contributed by atoms with van der Waals surface area (Å²) in [6.07, 6.45) is 5.28. The van der Waals surface area contributed by atoms with E-state index in [1.54, 1.807) is 0 Å². The van der Waals surface area contributed by atoms with Gasteiger partial charge in [-0.15, -0.1) is 24.0 Å². The van der Waals surface area contributed by atoms with E-state index in [1.165, 1.54) is 37.2 Å². The van der Waals surface area contributed by atoms with Gasteiger partial charge in [0.05, 0.1) is 6.54 Å². The van der Waals surface area contributed by atoms with Crippen LogP contribution in [0.15, 0.2) is 4.99 Å². The van der Waals surface area contributed by atoms with Crippen molar-refractivity contribution in [3.05, 3.63) is 0 Å². The second-order valence-corrected chi connectivity index (χ2v) is 6.91. The molecule has 19 heavy (non-hydrogen) atoms. The molecule has 2 aliphatic rings. The minimum absolute atomic E-state index is 0. The fraction of sp³-hybridized carbons (Fsp3) is 0.923. The molecule has 0 aromatic carbocycles. The number of nitrogens with one attached hydrogen (secondary N) is 1. The van der Waals surface area contributed by atoms with Crippen molar-refractivity contribution in [2.75, 3.05) is 38.7 Å². The number of hydrogen-bond donors (Lipinski definition) is 2. The van der Waals surface area contributed by atoms with Gasteiger partial charge in [-0.25, -0.2) is 0 Å². The molecule has 6 heteroatoms. The lowest BCUT2D eigenvalue weighted by atomic mass is 9.85. The summed E-state index contributed by atoms with van der Waals surface area (Å²) < 4.78 is 0. The summed E-state index contributed by atoms with van der Waals surface area (Å²) in [6.45, 7) is 1.82. The van der Waals surface area contributed by atoms with Gasteiger partial charge >= 0.3 is 0 Å². The van der Waals surface area contributed by atoms with Crippen LogP contribution in [0.1, 0.15) is 25.7 Å². The molecule has 1 atom stereocenters. The van der Waals surface area contributed by atoms with Crippen LogP contribution in [0.3, 0.4) is 0 Å². The van der Waals surface area contributed by atoms with Crippen LogP contribution in [-0.2, 0) is 0 Å². The summed E-state index contributed by atoms with van der Waals surface area (Å²) >= 11 is 2.02. The highest BCUT2D eigenvalue weighted by Gasteiger charge is 2.36. The second-order valence-electron chi connectivity index (χ2n) is 5.80. The molecule has 0 aromatic rings. The Kier molecular flexibility index (Phi) is 7.24. The van der Waals surface area contributed by atoms with Crippen molar-refractivity contribution < 1.29 is 0 Å². The molecule has 1 unspecified atom stereocenters. The first-order valence-corrected chi connectivity index (χ1v) is 8.07. The molecule has 0 spiro atoms. The number of likely N-dealkylation sites (N-methyl/N-ethyl adjacent to an activating group) is 1. The Hall–Kier alpha value is 0.310. The Labute approximate surface area is 138 Å². The van der Waals surface area contributed by atoms with E-state index in [0.717, 1.165) is 19.0 Å². The van der Waals surface area contributed by atoms with Crippen molar-refractivity contribution in [3.63, 3.8) is 0 Å². The van der Waals surface area contributed by atoms with Gasteiger partial charge in [-0.1, -0.05) is 6.42 Å². The van der Waals surface area contributed by atoms with Gasteiger partial charge in [-0.2, -0.15) is 11.8 Å². The normalized spacial score (nSPS) is 28.1. The molecular weight excluding hydrogens is 371 g/mol. The van der Waals surface area contributed by atoms with E-state index in [0.29, 0.717) is 5.96 Å². The molecule has 0 bridgehead atoms. The summed E-state index contributed by atoms with van der Waals surface area (Å²) in [5.41, 5.74) is 6.17. The van der Waals surface area contributed by atoms with E-state index in [9.17, 15) is 0 Å². The molecule has 0 aromatic heterocycles. The SMILES string of the molecule is CN(C)C1(CN=C(N)NCC2CCC2)CCSC1.I. The molecule has 2 fully saturated rings. The third-order valence-corrected chi connectivity index (χ3v) is 5.61. The summed E-state index contributed by atoms with van der Waals surface area (Å²) in [4.78, 5) is 6.87. The number of rotatable bonds is 5.